The molecule has 2 fully saturated rings. The summed E-state index contributed by atoms with van der Waals surface area (Å²) in [5.74, 6) is -2.35. The Morgan fingerprint density at radius 2 is 0.862 bits per heavy atom. The van der Waals surface area contributed by atoms with Gasteiger partial charge in [0.1, 0.15) is 55.5 Å². The predicted molar refractivity (Wildman–Crippen MR) is 316 cm³/mol. The van der Waals surface area contributed by atoms with Crippen molar-refractivity contribution in [1.82, 2.24) is 9.97 Å². The van der Waals surface area contributed by atoms with Crippen LogP contribution in [0, 0.1) is 22.5 Å². The number of amides is 4. The average Bonchev–Trinajstić information content (AvgIpc) is 2.76. The predicted octanol–water partition coefficient (Wildman–Crippen LogP) is 9.81. The Labute approximate surface area is 521 Å². The van der Waals surface area contributed by atoms with Gasteiger partial charge in [0.15, 0.2) is 23.0 Å². The minimum Gasteiger partial charge on any atom is -0.550 e. The van der Waals surface area contributed by atoms with E-state index in [0.29, 0.717) is 93.4 Å². The maximum absolute atomic E-state index is 13.2. The first-order chi connectivity index (χ1) is 41.4. The van der Waals surface area contributed by atoms with E-state index in [1.165, 1.54) is 62.8 Å². The van der Waals surface area contributed by atoms with Gasteiger partial charge < -0.3 is 69.5 Å². The Kier molecular flexibility index (Phi) is 20.9. The molecule has 20 nitrogen and oxygen atoms in total. The molecule has 444 valence electrons. The van der Waals surface area contributed by atoms with Gasteiger partial charge in [-0.25, -0.2) is 8.78 Å². The topological polar surface area (TPSA) is 278 Å². The Bertz CT molecular complexity index is 3640. The molecule has 87 heavy (non-hydrogen) atoms. The third-order valence-electron chi connectivity index (χ3n) is 13.8. The first-order valence-electron chi connectivity index (χ1n) is 26.7. The number of carbonyl (C=O) groups is 6. The fourth-order valence-corrected chi connectivity index (χ4v) is 9.23. The standard InChI is InChI=1S/2C31H27ClFN3O7.Mg/c2*1-41-25-16-20-22(17-26(25)42-15-3-6-27(37)38)34-14-11-23(20)43-24-5-2-4-21(28(24)32)36-30(40)31(12-13-31)29(39)35-19-9-7-18(33)8-10-19;/h2*2,4-5,7-11,14,16-17H,3,6,12-13,15H2,1H3,(H,35,39)(H,36,40)(H,37,38);/q;;+2/p-2. The number of carbonyl (C=O) groups excluding carboxylic acids is 6. The summed E-state index contributed by atoms with van der Waals surface area (Å²) in [6.45, 7) is 0.296. The van der Waals surface area contributed by atoms with Gasteiger partial charge in [0.25, 0.3) is 0 Å². The van der Waals surface area contributed by atoms with Crippen molar-refractivity contribution in [1.29, 1.82) is 0 Å². The first kappa shape index (κ1) is 64.0. The number of carboxylic acids is 2. The van der Waals surface area contributed by atoms with Gasteiger partial charge >= 0.3 is 23.1 Å². The van der Waals surface area contributed by atoms with Crippen LogP contribution < -0.4 is 59.9 Å². The van der Waals surface area contributed by atoms with Gasteiger partial charge in [0.05, 0.1) is 49.8 Å². The summed E-state index contributed by atoms with van der Waals surface area (Å²) in [5, 5.41) is 33.6. The second-order valence-electron chi connectivity index (χ2n) is 19.7. The molecule has 0 saturated heterocycles. The van der Waals surface area contributed by atoms with E-state index in [-0.39, 0.29) is 94.9 Å². The summed E-state index contributed by atoms with van der Waals surface area (Å²) >= 11 is 13.3. The van der Waals surface area contributed by atoms with E-state index in [1.807, 2.05) is 0 Å². The van der Waals surface area contributed by atoms with Crippen molar-refractivity contribution in [2.45, 2.75) is 51.4 Å². The summed E-state index contributed by atoms with van der Waals surface area (Å²) in [4.78, 5) is 82.4. The molecule has 0 spiro atoms. The van der Waals surface area contributed by atoms with E-state index in [1.54, 1.807) is 85.2 Å². The summed E-state index contributed by atoms with van der Waals surface area (Å²) in [7, 11) is 2.95. The fourth-order valence-electron chi connectivity index (χ4n) is 8.80. The molecular formula is C62H52Cl2F2MgN6O14. The van der Waals surface area contributed by atoms with Crippen LogP contribution in [-0.4, -0.2) is 96.0 Å². The number of benzene rings is 6. The van der Waals surface area contributed by atoms with Crippen LogP contribution in [0.3, 0.4) is 0 Å². The van der Waals surface area contributed by atoms with Gasteiger partial charge in [-0.05, 0) is 148 Å². The number of halogens is 4. The molecule has 0 radical (unpaired) electrons. The number of methoxy groups -OCH3 is 2. The number of anilines is 4. The van der Waals surface area contributed by atoms with Crippen molar-refractivity contribution in [2.75, 3.05) is 48.7 Å². The number of rotatable bonds is 24. The van der Waals surface area contributed by atoms with E-state index >= 15 is 0 Å². The van der Waals surface area contributed by atoms with Crippen LogP contribution in [0.1, 0.15) is 51.4 Å². The smallest absolute Gasteiger partial charge is 0.550 e. The minimum absolute atomic E-state index is 0. The van der Waals surface area contributed by atoms with Crippen LogP contribution in [0.5, 0.6) is 46.0 Å². The maximum Gasteiger partial charge on any atom is 2.00 e. The largest absolute Gasteiger partial charge is 2.00 e. The van der Waals surface area contributed by atoms with Crippen LogP contribution in [0.4, 0.5) is 31.5 Å². The summed E-state index contributed by atoms with van der Waals surface area (Å²) in [5.41, 5.74) is -0.202. The molecule has 0 unspecified atom stereocenters. The molecule has 10 rings (SSSR count). The molecule has 0 aliphatic heterocycles. The van der Waals surface area contributed by atoms with Crippen LogP contribution >= 0.6 is 23.2 Å². The third kappa shape index (κ3) is 15.5. The minimum atomic E-state index is -1.27. The van der Waals surface area contributed by atoms with Crippen LogP contribution in [0.2, 0.25) is 10.0 Å². The monoisotopic (exact) mass is 1240 g/mol. The molecule has 6 aromatic carbocycles. The van der Waals surface area contributed by atoms with Gasteiger partial charge in [0, 0.05) is 58.6 Å². The van der Waals surface area contributed by atoms with Crippen molar-refractivity contribution in [3.8, 4) is 46.0 Å². The number of carboxylic acid groups (broad SMARTS) is 2. The van der Waals surface area contributed by atoms with Crippen molar-refractivity contribution in [2.24, 2.45) is 10.8 Å². The van der Waals surface area contributed by atoms with Gasteiger partial charge in [-0.15, -0.1) is 0 Å². The van der Waals surface area contributed by atoms with E-state index in [2.05, 4.69) is 31.2 Å². The molecule has 25 heteroatoms. The molecule has 0 atom stereocenters. The number of pyridine rings is 2. The number of aliphatic carboxylic acids is 2. The van der Waals surface area contributed by atoms with Crippen LogP contribution in [0.15, 0.2) is 134 Å². The molecule has 2 saturated carbocycles. The Morgan fingerprint density at radius 3 is 1.21 bits per heavy atom. The second-order valence-corrected chi connectivity index (χ2v) is 20.5. The van der Waals surface area contributed by atoms with Crippen molar-refractivity contribution < 1.29 is 76.2 Å². The van der Waals surface area contributed by atoms with Gasteiger partial charge in [-0.3, -0.25) is 29.1 Å². The Morgan fingerprint density at radius 1 is 0.494 bits per heavy atom. The quantitative estimate of drug-likeness (QED) is 0.0249. The first-order valence-corrected chi connectivity index (χ1v) is 27.4. The van der Waals surface area contributed by atoms with E-state index in [9.17, 15) is 47.8 Å². The van der Waals surface area contributed by atoms with E-state index in [0.717, 1.165) is 0 Å². The molecule has 4 amide bonds. The molecule has 2 heterocycles. The third-order valence-corrected chi connectivity index (χ3v) is 14.6. The average molecular weight is 1240 g/mol. The molecule has 8 aromatic rings. The molecule has 0 bridgehead atoms. The molecular weight excluding hydrogens is 1190 g/mol. The number of ether oxygens (including phenoxy) is 6. The molecule has 2 aliphatic rings. The number of aromatic nitrogens is 2. The molecule has 4 N–H and O–H groups in total. The van der Waals surface area contributed by atoms with Gasteiger partial charge in [-0.1, -0.05) is 35.3 Å². The zero-order valence-electron chi connectivity index (χ0n) is 46.6. The van der Waals surface area contributed by atoms with Crippen molar-refractivity contribution in [3.63, 3.8) is 0 Å². The normalized spacial score (nSPS) is 13.0. The fraction of sp³-hybridized carbons (Fsp3) is 0.226. The maximum atomic E-state index is 13.2. The summed E-state index contributed by atoms with van der Waals surface area (Å²) < 4.78 is 61.1. The zero-order chi connectivity index (χ0) is 61.1. The van der Waals surface area contributed by atoms with E-state index < -0.39 is 58.0 Å². The second kappa shape index (κ2) is 28.4. The van der Waals surface area contributed by atoms with Crippen molar-refractivity contribution >= 4 is 126 Å². The Balaban J connectivity index is 0.000000223. The van der Waals surface area contributed by atoms with Gasteiger partial charge in [0.2, 0.25) is 23.6 Å². The SMILES string of the molecule is COc1cc2c(Oc3cccc(NC(=O)C4(C(=O)Nc5ccc(F)cc5)CC4)c3Cl)ccnc2cc1OCCCC(=O)[O-].COc1cc2c(Oc3cccc(NC(=O)C4(C(=O)Nc5ccc(F)cc5)CC4)c3Cl)ccnc2cc1OCCCC(=O)[O-].[Mg+2]. The van der Waals surface area contributed by atoms with Gasteiger partial charge in [-0.2, -0.15) is 0 Å². The number of hydrogen-bond donors (Lipinski definition) is 4. The van der Waals surface area contributed by atoms with Crippen LogP contribution in [-0.2, 0) is 28.8 Å². The molecule has 2 aromatic heterocycles. The van der Waals surface area contributed by atoms with E-state index in [4.69, 9.17) is 51.6 Å². The molecule has 2 aliphatic carbocycles. The summed E-state index contributed by atoms with van der Waals surface area (Å²) in [6, 6.07) is 30.3. The summed E-state index contributed by atoms with van der Waals surface area (Å²) in [6.07, 6.45) is 4.78. The number of nitrogens with one attached hydrogen (secondary N) is 4. The van der Waals surface area contributed by atoms with Crippen LogP contribution in [0.25, 0.3) is 21.8 Å². The number of hydrogen-bond acceptors (Lipinski definition) is 16. The van der Waals surface area contributed by atoms with Crippen molar-refractivity contribution in [3.05, 3.63) is 155 Å². The zero-order valence-corrected chi connectivity index (χ0v) is 49.5. The number of nitrogens with zero attached hydrogens (tertiary/aromatic N) is 2. The Hall–Kier alpha value is -9.03. The number of fused-ring (bicyclic) bond motifs is 2.